The fraction of sp³-hybridized carbons (Fsp3) is 0.333. The molecule has 0 radical (unpaired) electrons. The van der Waals surface area contributed by atoms with Gasteiger partial charge in [0.2, 0.25) is 11.8 Å². The first kappa shape index (κ1) is 26.2. The van der Waals surface area contributed by atoms with Crippen molar-refractivity contribution in [1.29, 1.82) is 0 Å². The fourth-order valence-corrected chi connectivity index (χ4v) is 5.23. The number of amides is 2. The average Bonchev–Trinajstić information content (AvgIpc) is 3.38. The van der Waals surface area contributed by atoms with Crippen molar-refractivity contribution in [2.45, 2.75) is 50.7 Å². The van der Waals surface area contributed by atoms with Gasteiger partial charge in [0.25, 0.3) is 0 Å². The van der Waals surface area contributed by atoms with Crippen molar-refractivity contribution in [3.8, 4) is 11.5 Å². The van der Waals surface area contributed by atoms with Gasteiger partial charge in [-0.25, -0.2) is 4.68 Å². The molecule has 9 heteroatoms. The maximum absolute atomic E-state index is 14.1. The van der Waals surface area contributed by atoms with Crippen molar-refractivity contribution >= 4 is 28.5 Å². The van der Waals surface area contributed by atoms with Crippen LogP contribution in [-0.4, -0.2) is 47.1 Å². The molecule has 1 N–H and O–H groups in total. The Labute approximate surface area is 227 Å². The fourth-order valence-electron chi connectivity index (χ4n) is 5.23. The largest absolute Gasteiger partial charge is 0.493 e. The third kappa shape index (κ3) is 5.72. The smallest absolute Gasteiger partial charge is 0.249 e. The molecule has 5 rings (SSSR count). The van der Waals surface area contributed by atoms with Crippen LogP contribution >= 0.6 is 0 Å². The van der Waals surface area contributed by atoms with Crippen LogP contribution in [0.1, 0.15) is 43.7 Å². The van der Waals surface area contributed by atoms with Gasteiger partial charge in [0.05, 0.1) is 19.7 Å². The first-order valence-corrected chi connectivity index (χ1v) is 13.3. The summed E-state index contributed by atoms with van der Waals surface area (Å²) in [5, 5.41) is 11.6. The molecule has 1 aromatic heterocycles. The molecule has 4 aromatic rings. The van der Waals surface area contributed by atoms with Crippen LogP contribution in [0.3, 0.4) is 0 Å². The summed E-state index contributed by atoms with van der Waals surface area (Å²) in [4.78, 5) is 29.8. The van der Waals surface area contributed by atoms with Crippen molar-refractivity contribution in [2.24, 2.45) is 0 Å². The molecule has 0 spiro atoms. The van der Waals surface area contributed by atoms with Crippen molar-refractivity contribution in [3.05, 3.63) is 78.4 Å². The zero-order chi connectivity index (χ0) is 27.2. The lowest BCUT2D eigenvalue weighted by Crippen LogP contribution is -2.48. The number of hydrogen-bond donors (Lipinski definition) is 1. The highest BCUT2D eigenvalue weighted by molar-refractivity contribution is 6.01. The second-order valence-electron chi connectivity index (χ2n) is 9.70. The van der Waals surface area contributed by atoms with E-state index >= 15 is 0 Å². The molecular formula is C30H33N5O4. The van der Waals surface area contributed by atoms with Gasteiger partial charge in [0.15, 0.2) is 11.5 Å². The molecule has 1 aliphatic rings. The second kappa shape index (κ2) is 12.0. The summed E-state index contributed by atoms with van der Waals surface area (Å²) in [6.07, 6.45) is 5.18. The van der Waals surface area contributed by atoms with E-state index in [1.165, 1.54) is 6.42 Å². The molecule has 1 fully saturated rings. The number of para-hydroxylation sites is 2. The SMILES string of the molecule is COc1ccc([C@@H](C(=O)NC2CCCCC2)N(C(=O)Cn2nnc3ccccc32)c2ccccc2)cc1OC. The Hall–Kier alpha value is -4.40. The Bertz CT molecular complexity index is 1430. The first-order valence-electron chi connectivity index (χ1n) is 13.3. The minimum Gasteiger partial charge on any atom is -0.493 e. The van der Waals surface area contributed by atoms with Gasteiger partial charge < -0.3 is 14.8 Å². The summed E-state index contributed by atoms with van der Waals surface area (Å²) < 4.78 is 12.6. The number of methoxy groups -OCH3 is 2. The van der Waals surface area contributed by atoms with Gasteiger partial charge in [-0.1, -0.05) is 60.9 Å². The molecule has 0 saturated heterocycles. The van der Waals surface area contributed by atoms with Crippen LogP contribution in [0.2, 0.25) is 0 Å². The molecule has 39 heavy (non-hydrogen) atoms. The average molecular weight is 528 g/mol. The molecule has 0 bridgehead atoms. The molecule has 0 aliphatic heterocycles. The van der Waals surface area contributed by atoms with E-state index in [0.29, 0.717) is 28.3 Å². The highest BCUT2D eigenvalue weighted by Crippen LogP contribution is 2.35. The van der Waals surface area contributed by atoms with Gasteiger partial charge in [0.1, 0.15) is 18.1 Å². The highest BCUT2D eigenvalue weighted by atomic mass is 16.5. The normalized spacial score (nSPS) is 14.5. The standard InChI is InChI=1S/C30H33N5O4/c1-38-26-18-17-21(19-27(26)39-2)29(30(37)31-22-11-5-3-6-12-22)35(23-13-7-4-8-14-23)28(36)20-34-25-16-10-9-15-24(25)32-33-34/h4,7-10,13-19,22,29H,3,5-6,11-12,20H2,1-2H3,(H,31,37)/t29-/m0/s1. The Morgan fingerprint density at radius 1 is 0.949 bits per heavy atom. The van der Waals surface area contributed by atoms with Gasteiger partial charge in [-0.05, 0) is 54.8 Å². The van der Waals surface area contributed by atoms with E-state index in [0.717, 1.165) is 31.2 Å². The van der Waals surface area contributed by atoms with Crippen LogP contribution in [0.5, 0.6) is 11.5 Å². The van der Waals surface area contributed by atoms with Crippen molar-refractivity contribution in [2.75, 3.05) is 19.1 Å². The second-order valence-corrected chi connectivity index (χ2v) is 9.70. The molecule has 9 nitrogen and oxygen atoms in total. The predicted octanol–water partition coefficient (Wildman–Crippen LogP) is 4.67. The molecule has 1 atom stereocenters. The molecule has 1 aliphatic carbocycles. The Morgan fingerprint density at radius 2 is 1.67 bits per heavy atom. The maximum Gasteiger partial charge on any atom is 0.249 e. The Morgan fingerprint density at radius 3 is 2.41 bits per heavy atom. The van der Waals surface area contributed by atoms with Gasteiger partial charge in [-0.15, -0.1) is 5.10 Å². The van der Waals surface area contributed by atoms with Crippen molar-refractivity contribution in [1.82, 2.24) is 20.3 Å². The van der Waals surface area contributed by atoms with Crippen LogP contribution in [0.15, 0.2) is 72.8 Å². The van der Waals surface area contributed by atoms with Gasteiger partial charge in [-0.3, -0.25) is 14.5 Å². The number of fused-ring (bicyclic) bond motifs is 1. The highest BCUT2D eigenvalue weighted by Gasteiger charge is 2.35. The summed E-state index contributed by atoms with van der Waals surface area (Å²) in [6.45, 7) is -0.0874. The third-order valence-corrected chi connectivity index (χ3v) is 7.19. The molecule has 3 aromatic carbocycles. The molecule has 0 unspecified atom stereocenters. The van der Waals surface area contributed by atoms with Gasteiger partial charge in [-0.2, -0.15) is 0 Å². The van der Waals surface area contributed by atoms with Crippen LogP contribution in [0.4, 0.5) is 5.69 Å². The number of aromatic nitrogens is 3. The minimum atomic E-state index is -0.948. The lowest BCUT2D eigenvalue weighted by atomic mass is 9.94. The molecule has 2 amide bonds. The molecule has 202 valence electrons. The maximum atomic E-state index is 14.1. The number of ether oxygens (including phenoxy) is 2. The van der Waals surface area contributed by atoms with E-state index in [1.807, 2.05) is 54.6 Å². The molecule has 1 saturated carbocycles. The lowest BCUT2D eigenvalue weighted by molar-refractivity contribution is -0.127. The number of hydrogen-bond acceptors (Lipinski definition) is 6. The number of carbonyl (C=O) groups is 2. The summed E-state index contributed by atoms with van der Waals surface area (Å²) in [5.41, 5.74) is 2.66. The van der Waals surface area contributed by atoms with Crippen molar-refractivity contribution < 1.29 is 19.1 Å². The third-order valence-electron chi connectivity index (χ3n) is 7.19. The topological polar surface area (TPSA) is 98.6 Å². The number of nitrogens with zero attached hydrogens (tertiary/aromatic N) is 4. The van der Waals surface area contributed by atoms with Gasteiger partial charge in [0, 0.05) is 11.7 Å². The Kier molecular flexibility index (Phi) is 8.05. The van der Waals surface area contributed by atoms with E-state index in [9.17, 15) is 9.59 Å². The zero-order valence-electron chi connectivity index (χ0n) is 22.2. The van der Waals surface area contributed by atoms with Gasteiger partial charge >= 0.3 is 0 Å². The molecule has 1 heterocycles. The summed E-state index contributed by atoms with van der Waals surface area (Å²) in [7, 11) is 3.11. The summed E-state index contributed by atoms with van der Waals surface area (Å²) in [6, 6.07) is 21.2. The number of benzene rings is 3. The number of nitrogens with one attached hydrogen (secondary N) is 1. The molecular weight excluding hydrogens is 494 g/mol. The zero-order valence-corrected chi connectivity index (χ0v) is 22.2. The van der Waals surface area contributed by atoms with E-state index < -0.39 is 6.04 Å². The van der Waals surface area contributed by atoms with E-state index in [-0.39, 0.29) is 24.4 Å². The van der Waals surface area contributed by atoms with Crippen LogP contribution in [0.25, 0.3) is 11.0 Å². The summed E-state index contributed by atoms with van der Waals surface area (Å²) >= 11 is 0. The summed E-state index contributed by atoms with van der Waals surface area (Å²) in [5.74, 6) is 0.484. The number of anilines is 1. The van der Waals surface area contributed by atoms with Crippen molar-refractivity contribution in [3.63, 3.8) is 0 Å². The Balaban J connectivity index is 1.58. The lowest BCUT2D eigenvalue weighted by Gasteiger charge is -2.33. The first-order chi connectivity index (χ1) is 19.1. The monoisotopic (exact) mass is 527 g/mol. The van der Waals surface area contributed by atoms with E-state index in [1.54, 1.807) is 42.0 Å². The van der Waals surface area contributed by atoms with E-state index in [2.05, 4.69) is 15.6 Å². The predicted molar refractivity (Wildman–Crippen MR) is 149 cm³/mol. The minimum absolute atomic E-state index is 0.0703. The van der Waals surface area contributed by atoms with Crippen LogP contribution in [-0.2, 0) is 16.1 Å². The number of carbonyl (C=O) groups excluding carboxylic acids is 2. The quantitative estimate of drug-likeness (QED) is 0.340. The van der Waals surface area contributed by atoms with E-state index in [4.69, 9.17) is 9.47 Å². The van der Waals surface area contributed by atoms with Crippen LogP contribution < -0.4 is 19.7 Å². The van der Waals surface area contributed by atoms with Crippen LogP contribution in [0, 0.1) is 0 Å². The number of rotatable bonds is 9.